The van der Waals surface area contributed by atoms with E-state index in [-0.39, 0.29) is 17.9 Å². The molecule has 3 atom stereocenters. The first kappa shape index (κ1) is 23.5. The van der Waals surface area contributed by atoms with Crippen molar-refractivity contribution < 1.29 is 19.1 Å². The van der Waals surface area contributed by atoms with Crippen molar-refractivity contribution in [2.24, 2.45) is 5.92 Å². The Morgan fingerprint density at radius 2 is 1.91 bits per heavy atom. The Morgan fingerprint density at radius 1 is 1.15 bits per heavy atom. The number of amides is 2. The van der Waals surface area contributed by atoms with Crippen LogP contribution in [0.3, 0.4) is 0 Å². The number of benzene rings is 1. The summed E-state index contributed by atoms with van der Waals surface area (Å²) in [5.74, 6) is -0.101. The highest BCUT2D eigenvalue weighted by atomic mass is 16.7. The molecule has 3 fully saturated rings. The summed E-state index contributed by atoms with van der Waals surface area (Å²) in [5.41, 5.74) is 3.78. The van der Waals surface area contributed by atoms with E-state index in [1.807, 2.05) is 19.9 Å². The van der Waals surface area contributed by atoms with Crippen LogP contribution in [0.15, 0.2) is 30.5 Å². The van der Waals surface area contributed by atoms with Crippen molar-refractivity contribution in [2.45, 2.75) is 89.3 Å². The third-order valence-electron chi connectivity index (χ3n) is 7.82. The van der Waals surface area contributed by atoms with Crippen molar-refractivity contribution in [1.82, 2.24) is 15.5 Å². The van der Waals surface area contributed by atoms with Crippen molar-refractivity contribution in [1.29, 1.82) is 0 Å². The van der Waals surface area contributed by atoms with Crippen LogP contribution in [0.2, 0.25) is 0 Å². The first-order valence-corrected chi connectivity index (χ1v) is 12.7. The summed E-state index contributed by atoms with van der Waals surface area (Å²) < 4.78 is 11.7. The Labute approximate surface area is 202 Å². The second-order valence-electron chi connectivity index (χ2n) is 10.8. The summed E-state index contributed by atoms with van der Waals surface area (Å²) >= 11 is 0. The van der Waals surface area contributed by atoms with E-state index in [4.69, 9.17) is 9.47 Å². The minimum atomic E-state index is -0.494. The molecule has 1 saturated carbocycles. The van der Waals surface area contributed by atoms with Crippen molar-refractivity contribution in [3.8, 4) is 0 Å². The summed E-state index contributed by atoms with van der Waals surface area (Å²) in [7, 11) is 0. The Balaban J connectivity index is 1.24. The zero-order valence-electron chi connectivity index (χ0n) is 20.4. The van der Waals surface area contributed by atoms with Crippen molar-refractivity contribution in [3.63, 3.8) is 0 Å². The normalized spacial score (nSPS) is 29.8. The summed E-state index contributed by atoms with van der Waals surface area (Å²) in [5, 5.41) is 6.63. The molecule has 0 aromatic heterocycles. The number of nitrogens with zero attached hydrogens (tertiary/aromatic N) is 1. The molecule has 3 aliphatic heterocycles. The maximum Gasteiger partial charge on any atom is 0.255 e. The first-order valence-electron chi connectivity index (χ1n) is 12.7. The van der Waals surface area contributed by atoms with E-state index < -0.39 is 11.8 Å². The number of ether oxygens (including phenoxy) is 2. The molecule has 0 spiro atoms. The Kier molecular flexibility index (Phi) is 6.53. The highest BCUT2D eigenvalue weighted by molar-refractivity contribution is 6.01. The van der Waals surface area contributed by atoms with Gasteiger partial charge in [-0.1, -0.05) is 31.6 Å². The van der Waals surface area contributed by atoms with E-state index in [1.54, 1.807) is 4.90 Å². The molecule has 2 N–H and O–H groups in total. The number of nitrogens with one attached hydrogen (secondary N) is 2. The zero-order chi connectivity index (χ0) is 23.9. The van der Waals surface area contributed by atoms with Gasteiger partial charge in [0.25, 0.3) is 5.91 Å². The number of allylic oxidation sites excluding steroid dienone is 1. The predicted molar refractivity (Wildman–Crippen MR) is 129 cm³/mol. The molecule has 3 heterocycles. The van der Waals surface area contributed by atoms with Gasteiger partial charge in [0.15, 0.2) is 5.79 Å². The predicted octanol–water partition coefficient (Wildman–Crippen LogP) is 3.28. The van der Waals surface area contributed by atoms with Gasteiger partial charge in [0.2, 0.25) is 5.91 Å². The van der Waals surface area contributed by atoms with Gasteiger partial charge in [-0.25, -0.2) is 0 Å². The minimum absolute atomic E-state index is 0.0355. The lowest BCUT2D eigenvalue weighted by molar-refractivity contribution is -0.254. The lowest BCUT2D eigenvalue weighted by Crippen LogP contribution is -2.53. The fourth-order valence-corrected chi connectivity index (χ4v) is 5.90. The summed E-state index contributed by atoms with van der Waals surface area (Å²) in [6.07, 6.45) is 7.22. The van der Waals surface area contributed by atoms with Crippen LogP contribution in [0.5, 0.6) is 0 Å². The summed E-state index contributed by atoms with van der Waals surface area (Å²) in [4.78, 5) is 27.2. The second-order valence-corrected chi connectivity index (χ2v) is 10.8. The molecule has 7 nitrogen and oxygen atoms in total. The quantitative estimate of drug-likeness (QED) is 0.695. The molecular formula is C27H37N3O4. The molecule has 5 rings (SSSR count). The third kappa shape index (κ3) is 4.92. The Hall–Kier alpha value is -2.22. The fourth-order valence-electron chi connectivity index (χ4n) is 5.90. The average molecular weight is 468 g/mol. The molecule has 2 saturated heterocycles. The van der Waals surface area contributed by atoms with Gasteiger partial charge in [-0.05, 0) is 69.1 Å². The molecule has 1 unspecified atom stereocenters. The van der Waals surface area contributed by atoms with Crippen molar-refractivity contribution in [3.05, 3.63) is 47.2 Å². The molecule has 4 aliphatic rings. The number of fused-ring (bicyclic) bond motifs is 1. The van der Waals surface area contributed by atoms with Gasteiger partial charge in [-0.15, -0.1) is 0 Å². The lowest BCUT2D eigenvalue weighted by atomic mass is 9.80. The highest BCUT2D eigenvalue weighted by Crippen LogP contribution is 2.32. The molecule has 7 heteroatoms. The third-order valence-corrected chi connectivity index (χ3v) is 7.82. The zero-order valence-corrected chi connectivity index (χ0v) is 20.4. The number of rotatable bonds is 5. The molecular weight excluding hydrogens is 430 g/mol. The second kappa shape index (κ2) is 9.44. The molecule has 1 aromatic rings. The van der Waals surface area contributed by atoms with Crippen LogP contribution < -0.4 is 10.6 Å². The minimum Gasteiger partial charge on any atom is -0.349 e. The standard InChI is InChI=1S/C27H37N3O4/c1-17-8-11-24(25(31)28-17)30-14-20-13-18(9-10-22(20)26(30)32)12-19-6-4-5-7-23(19)29-21-15-33-27(2,3)34-16-21/h9-10,13,19,21,23-24,29H,1,4-8,11-12,14-16H2,2-3H3,(H,28,31)/t19-,23+,24?/m1/s1. The van der Waals surface area contributed by atoms with Gasteiger partial charge in [0.05, 0.1) is 19.3 Å². The highest BCUT2D eigenvalue weighted by Gasteiger charge is 2.38. The Bertz CT molecular complexity index is 965. The maximum atomic E-state index is 13.0. The van der Waals surface area contributed by atoms with Crippen molar-refractivity contribution in [2.75, 3.05) is 13.2 Å². The number of carbonyl (C=O) groups excluding carboxylic acids is 2. The summed E-state index contributed by atoms with van der Waals surface area (Å²) in [6.45, 7) is 9.63. The van der Waals surface area contributed by atoms with E-state index >= 15 is 0 Å². The van der Waals surface area contributed by atoms with Gasteiger partial charge in [-0.2, -0.15) is 0 Å². The smallest absolute Gasteiger partial charge is 0.255 e. The van der Waals surface area contributed by atoms with Crippen molar-refractivity contribution >= 4 is 11.8 Å². The van der Waals surface area contributed by atoms with Crippen LogP contribution in [0.1, 0.15) is 73.9 Å². The van der Waals surface area contributed by atoms with Crippen LogP contribution in [-0.4, -0.2) is 53.8 Å². The van der Waals surface area contributed by atoms with Crippen LogP contribution >= 0.6 is 0 Å². The molecule has 1 aromatic carbocycles. The molecule has 184 valence electrons. The monoisotopic (exact) mass is 467 g/mol. The largest absolute Gasteiger partial charge is 0.349 e. The Morgan fingerprint density at radius 3 is 2.68 bits per heavy atom. The number of piperidine rings is 1. The molecule has 0 radical (unpaired) electrons. The van der Waals surface area contributed by atoms with Crippen LogP contribution in [0, 0.1) is 5.92 Å². The lowest BCUT2D eigenvalue weighted by Gasteiger charge is -2.40. The molecule has 34 heavy (non-hydrogen) atoms. The van der Waals surface area contributed by atoms with Gasteiger partial charge in [0.1, 0.15) is 6.04 Å². The van der Waals surface area contributed by atoms with E-state index in [0.717, 1.165) is 23.2 Å². The topological polar surface area (TPSA) is 79.9 Å². The number of hydrogen-bond donors (Lipinski definition) is 2. The van der Waals surface area contributed by atoms with E-state index in [9.17, 15) is 9.59 Å². The van der Waals surface area contributed by atoms with Crippen LogP contribution in [0.4, 0.5) is 0 Å². The van der Waals surface area contributed by atoms with Gasteiger partial charge >= 0.3 is 0 Å². The average Bonchev–Trinajstić information content (AvgIpc) is 3.12. The van der Waals surface area contributed by atoms with Crippen LogP contribution in [0.25, 0.3) is 0 Å². The van der Waals surface area contributed by atoms with E-state index in [2.05, 4.69) is 29.3 Å². The summed E-state index contributed by atoms with van der Waals surface area (Å²) in [6, 6.07) is 6.51. The van der Waals surface area contributed by atoms with Gasteiger partial charge < -0.3 is 25.0 Å². The SMILES string of the molecule is C=C1CCC(N2Cc3cc(C[C@H]4CCCC[C@@H]4NC4COC(C)(C)OC4)ccc3C2=O)C(=O)N1. The number of hydrogen-bond acceptors (Lipinski definition) is 5. The molecule has 2 amide bonds. The first-order chi connectivity index (χ1) is 16.3. The maximum absolute atomic E-state index is 13.0. The van der Waals surface area contributed by atoms with Crippen LogP contribution in [-0.2, 0) is 27.2 Å². The van der Waals surface area contributed by atoms with E-state index in [0.29, 0.717) is 44.6 Å². The van der Waals surface area contributed by atoms with Gasteiger partial charge in [0, 0.05) is 23.8 Å². The van der Waals surface area contributed by atoms with Gasteiger partial charge in [-0.3, -0.25) is 9.59 Å². The molecule has 0 bridgehead atoms. The fraction of sp³-hybridized carbons (Fsp3) is 0.630. The van der Waals surface area contributed by atoms with E-state index in [1.165, 1.54) is 31.2 Å². The molecule has 1 aliphatic carbocycles. The number of carbonyl (C=O) groups is 2.